The van der Waals surface area contributed by atoms with Crippen LogP contribution in [-0.4, -0.2) is 41.8 Å². The second-order valence-corrected chi connectivity index (χ2v) is 9.66. The minimum atomic E-state index is -1.16. The fraction of sp³-hybridized carbons (Fsp3) is 0.464. The third-order valence-electron chi connectivity index (χ3n) is 7.50. The van der Waals surface area contributed by atoms with E-state index in [1.807, 2.05) is 38.1 Å². The number of nitrogens with one attached hydrogen (secondary N) is 2. The lowest BCUT2D eigenvalue weighted by Gasteiger charge is -2.31. The van der Waals surface area contributed by atoms with E-state index in [2.05, 4.69) is 34.9 Å². The lowest BCUT2D eigenvalue weighted by Crippen LogP contribution is -2.59. The number of benzene rings is 2. The number of carboxylic acids is 1. The SMILES string of the molecule is CCC(CC)(NC(=O)OCC1c2ccccc2-c2ccccc21)C(=O)NCC(CC1CC1)C(=O)O. The summed E-state index contributed by atoms with van der Waals surface area (Å²) in [5, 5.41) is 15.1. The van der Waals surface area contributed by atoms with Gasteiger partial charge in [-0.15, -0.1) is 0 Å². The molecule has 7 nitrogen and oxygen atoms in total. The Morgan fingerprint density at radius 3 is 2.09 bits per heavy atom. The lowest BCUT2D eigenvalue weighted by molar-refractivity contribution is -0.142. The van der Waals surface area contributed by atoms with Gasteiger partial charge in [-0.3, -0.25) is 9.59 Å². The molecule has 0 radical (unpaired) electrons. The summed E-state index contributed by atoms with van der Waals surface area (Å²) in [5.74, 6) is -1.53. The van der Waals surface area contributed by atoms with Crippen LogP contribution in [0.1, 0.15) is 63.0 Å². The summed E-state index contributed by atoms with van der Waals surface area (Å²) >= 11 is 0. The normalized spacial score (nSPS) is 15.6. The minimum absolute atomic E-state index is 0.0544. The Bertz CT molecular complexity index is 1040. The molecule has 2 aromatic carbocycles. The van der Waals surface area contributed by atoms with Gasteiger partial charge >= 0.3 is 12.1 Å². The first-order valence-corrected chi connectivity index (χ1v) is 12.5. The zero-order chi connectivity index (χ0) is 25.0. The first-order valence-electron chi connectivity index (χ1n) is 12.5. The molecule has 0 spiro atoms. The summed E-state index contributed by atoms with van der Waals surface area (Å²) in [6.07, 6.45) is 2.74. The molecule has 1 unspecified atom stereocenters. The maximum Gasteiger partial charge on any atom is 0.408 e. The highest BCUT2D eigenvalue weighted by Crippen LogP contribution is 2.44. The van der Waals surface area contributed by atoms with E-state index in [1.165, 1.54) is 0 Å². The molecule has 186 valence electrons. The van der Waals surface area contributed by atoms with Crippen LogP contribution in [0.3, 0.4) is 0 Å². The quantitative estimate of drug-likeness (QED) is 0.434. The highest BCUT2D eigenvalue weighted by atomic mass is 16.5. The van der Waals surface area contributed by atoms with Crippen LogP contribution >= 0.6 is 0 Å². The van der Waals surface area contributed by atoms with Crippen molar-refractivity contribution in [2.24, 2.45) is 11.8 Å². The molecule has 0 heterocycles. The number of hydrogen-bond acceptors (Lipinski definition) is 4. The van der Waals surface area contributed by atoms with Crippen molar-refractivity contribution in [2.75, 3.05) is 13.2 Å². The molecule has 1 atom stereocenters. The Balaban J connectivity index is 1.39. The monoisotopic (exact) mass is 478 g/mol. The van der Waals surface area contributed by atoms with Gasteiger partial charge in [0.1, 0.15) is 12.1 Å². The number of fused-ring (bicyclic) bond motifs is 3. The predicted octanol–water partition coefficient (Wildman–Crippen LogP) is 4.70. The van der Waals surface area contributed by atoms with Gasteiger partial charge in [-0.2, -0.15) is 0 Å². The smallest absolute Gasteiger partial charge is 0.408 e. The van der Waals surface area contributed by atoms with E-state index in [0.717, 1.165) is 35.1 Å². The zero-order valence-corrected chi connectivity index (χ0v) is 20.4. The maximum atomic E-state index is 13.1. The second-order valence-electron chi connectivity index (χ2n) is 9.66. The average molecular weight is 479 g/mol. The molecule has 2 aromatic rings. The molecule has 0 aliphatic heterocycles. The van der Waals surface area contributed by atoms with Crippen LogP contribution in [0.2, 0.25) is 0 Å². The van der Waals surface area contributed by atoms with E-state index in [0.29, 0.717) is 25.2 Å². The third kappa shape index (κ3) is 5.34. The van der Waals surface area contributed by atoms with Gasteiger partial charge in [0.2, 0.25) is 5.91 Å². The Morgan fingerprint density at radius 2 is 1.57 bits per heavy atom. The molecule has 35 heavy (non-hydrogen) atoms. The minimum Gasteiger partial charge on any atom is -0.481 e. The molecule has 2 aliphatic rings. The number of carbonyl (C=O) groups is 3. The molecule has 1 fully saturated rings. The van der Waals surface area contributed by atoms with Gasteiger partial charge in [0.15, 0.2) is 0 Å². The van der Waals surface area contributed by atoms with Crippen molar-refractivity contribution in [3.05, 3.63) is 59.7 Å². The standard InChI is InChI=1S/C28H34N2O5/c1-3-28(4-2,26(33)29-16-19(25(31)32)15-18-13-14-18)30-27(34)35-17-24-22-11-7-5-9-20(22)21-10-6-8-12-23(21)24/h5-12,18-19,24H,3-4,13-17H2,1-2H3,(H,29,33)(H,30,34)(H,31,32). The fourth-order valence-corrected chi connectivity index (χ4v) is 5.05. The molecule has 4 rings (SSSR count). The summed E-state index contributed by atoms with van der Waals surface area (Å²) in [6.45, 7) is 3.86. The van der Waals surface area contributed by atoms with E-state index in [4.69, 9.17) is 4.74 Å². The molecule has 7 heteroatoms. The Morgan fingerprint density at radius 1 is 1.00 bits per heavy atom. The van der Waals surface area contributed by atoms with Gasteiger partial charge in [-0.25, -0.2) is 4.79 Å². The molecular weight excluding hydrogens is 444 g/mol. The molecule has 2 amide bonds. The second kappa shape index (κ2) is 10.5. The van der Waals surface area contributed by atoms with Gasteiger partial charge in [0.05, 0.1) is 5.92 Å². The lowest BCUT2D eigenvalue weighted by atomic mass is 9.91. The fourth-order valence-electron chi connectivity index (χ4n) is 5.05. The van der Waals surface area contributed by atoms with Crippen LogP contribution in [0.15, 0.2) is 48.5 Å². The van der Waals surface area contributed by atoms with Crippen molar-refractivity contribution in [2.45, 2.75) is 57.4 Å². The van der Waals surface area contributed by atoms with Crippen LogP contribution in [0.4, 0.5) is 4.79 Å². The van der Waals surface area contributed by atoms with E-state index in [1.54, 1.807) is 0 Å². The van der Waals surface area contributed by atoms with Gasteiger partial charge in [0.25, 0.3) is 0 Å². The van der Waals surface area contributed by atoms with Crippen molar-refractivity contribution in [1.29, 1.82) is 0 Å². The maximum absolute atomic E-state index is 13.1. The number of alkyl carbamates (subject to hydrolysis) is 1. The molecule has 0 saturated heterocycles. The molecule has 2 aliphatic carbocycles. The largest absolute Gasteiger partial charge is 0.481 e. The molecule has 1 saturated carbocycles. The molecule has 0 aromatic heterocycles. The van der Waals surface area contributed by atoms with Gasteiger partial charge < -0.3 is 20.5 Å². The summed E-state index contributed by atoms with van der Waals surface area (Å²) in [6, 6.07) is 16.2. The van der Waals surface area contributed by atoms with E-state index in [-0.39, 0.29) is 25.0 Å². The Hall–Kier alpha value is -3.35. The van der Waals surface area contributed by atoms with Crippen molar-refractivity contribution in [1.82, 2.24) is 10.6 Å². The molecular formula is C28H34N2O5. The summed E-state index contributed by atoms with van der Waals surface area (Å²) in [7, 11) is 0. The number of ether oxygens (including phenoxy) is 1. The summed E-state index contributed by atoms with van der Waals surface area (Å²) in [5.41, 5.74) is 3.36. The Kier molecular flexibility index (Phi) is 7.43. The number of carboxylic acid groups (broad SMARTS) is 1. The van der Waals surface area contributed by atoms with Crippen molar-refractivity contribution < 1.29 is 24.2 Å². The van der Waals surface area contributed by atoms with Crippen molar-refractivity contribution in [3.63, 3.8) is 0 Å². The topological polar surface area (TPSA) is 105 Å². The van der Waals surface area contributed by atoms with Gasteiger partial charge in [-0.1, -0.05) is 75.2 Å². The summed E-state index contributed by atoms with van der Waals surface area (Å²) in [4.78, 5) is 37.5. The first-order chi connectivity index (χ1) is 16.9. The number of rotatable bonds is 11. The van der Waals surface area contributed by atoms with E-state index < -0.39 is 23.5 Å². The van der Waals surface area contributed by atoms with Gasteiger partial charge in [0, 0.05) is 12.5 Å². The van der Waals surface area contributed by atoms with E-state index >= 15 is 0 Å². The van der Waals surface area contributed by atoms with Crippen LogP contribution in [-0.2, 0) is 14.3 Å². The van der Waals surface area contributed by atoms with Crippen molar-refractivity contribution in [3.8, 4) is 11.1 Å². The van der Waals surface area contributed by atoms with Crippen LogP contribution in [0, 0.1) is 11.8 Å². The number of hydrogen-bond donors (Lipinski definition) is 3. The number of carbonyl (C=O) groups excluding carboxylic acids is 2. The van der Waals surface area contributed by atoms with Crippen LogP contribution in [0.25, 0.3) is 11.1 Å². The Labute approximate surface area is 206 Å². The van der Waals surface area contributed by atoms with Crippen molar-refractivity contribution >= 4 is 18.0 Å². The molecule has 3 N–H and O–H groups in total. The van der Waals surface area contributed by atoms with E-state index in [9.17, 15) is 19.5 Å². The zero-order valence-electron chi connectivity index (χ0n) is 20.4. The highest BCUT2D eigenvalue weighted by Gasteiger charge is 2.39. The third-order valence-corrected chi connectivity index (χ3v) is 7.50. The van der Waals surface area contributed by atoms with Gasteiger partial charge in [-0.05, 0) is 47.4 Å². The molecule has 0 bridgehead atoms. The number of amides is 2. The first kappa shape index (κ1) is 24.8. The van der Waals surface area contributed by atoms with Crippen LogP contribution < -0.4 is 10.6 Å². The van der Waals surface area contributed by atoms with Crippen LogP contribution in [0.5, 0.6) is 0 Å². The highest BCUT2D eigenvalue weighted by molar-refractivity contribution is 5.90. The number of aliphatic carboxylic acids is 1. The summed E-state index contributed by atoms with van der Waals surface area (Å²) < 4.78 is 5.65. The predicted molar refractivity (Wildman–Crippen MR) is 133 cm³/mol. The average Bonchev–Trinajstić information content (AvgIpc) is 3.64.